The maximum Gasteiger partial charge on any atom is 0.265 e. The summed E-state index contributed by atoms with van der Waals surface area (Å²) >= 11 is 1.24. The summed E-state index contributed by atoms with van der Waals surface area (Å²) in [6.45, 7) is 3.32. The Labute approximate surface area is 195 Å². The normalized spacial score (nSPS) is 13.8. The van der Waals surface area contributed by atoms with Gasteiger partial charge in [-0.05, 0) is 38.1 Å². The van der Waals surface area contributed by atoms with Gasteiger partial charge in [-0.2, -0.15) is 0 Å². The Morgan fingerprint density at radius 2 is 1.97 bits per heavy atom. The van der Waals surface area contributed by atoms with Crippen LogP contribution < -0.4 is 15.0 Å². The standard InChI is InChI=1S/C23H23N5O4S/c1-14(28-18-9-4-5-10-19(18)32-12-21(28)31)22-25-26-23(27(22)3)33-13-20(30)24-17-8-6-7-16(11-17)15(2)29/h4-11,14H,12-13H2,1-3H3,(H,24,30)/t14-/m0/s1. The number of thioether (sulfide) groups is 1. The molecule has 0 radical (unpaired) electrons. The summed E-state index contributed by atoms with van der Waals surface area (Å²) in [7, 11) is 1.80. The fraction of sp³-hybridized carbons (Fsp3) is 0.261. The monoisotopic (exact) mass is 465 g/mol. The molecule has 1 aliphatic rings. The molecule has 0 unspecified atom stereocenters. The number of rotatable bonds is 7. The van der Waals surface area contributed by atoms with Crippen molar-refractivity contribution in [3.05, 3.63) is 59.9 Å². The summed E-state index contributed by atoms with van der Waals surface area (Å²) in [6, 6.07) is 13.8. The summed E-state index contributed by atoms with van der Waals surface area (Å²) in [4.78, 5) is 38.2. The number of hydrogen-bond donors (Lipinski definition) is 1. The highest BCUT2D eigenvalue weighted by molar-refractivity contribution is 7.99. The molecule has 0 saturated carbocycles. The number of anilines is 2. The number of nitrogens with zero attached hydrogens (tertiary/aromatic N) is 4. The van der Waals surface area contributed by atoms with Crippen LogP contribution in [0.2, 0.25) is 0 Å². The molecule has 1 N–H and O–H groups in total. The summed E-state index contributed by atoms with van der Waals surface area (Å²) in [5.41, 5.74) is 1.78. The first kappa shape index (κ1) is 22.5. The fourth-order valence-electron chi connectivity index (χ4n) is 3.62. The van der Waals surface area contributed by atoms with E-state index in [-0.39, 0.29) is 36.0 Å². The second kappa shape index (κ2) is 9.45. The first-order chi connectivity index (χ1) is 15.8. The molecular formula is C23H23N5O4S. The Hall–Kier alpha value is -3.66. The highest BCUT2D eigenvalue weighted by Gasteiger charge is 2.32. The van der Waals surface area contributed by atoms with Gasteiger partial charge in [0.15, 0.2) is 23.4 Å². The van der Waals surface area contributed by atoms with E-state index in [1.165, 1.54) is 18.7 Å². The molecule has 3 aromatic rings. The lowest BCUT2D eigenvalue weighted by Crippen LogP contribution is -2.41. The predicted molar refractivity (Wildman–Crippen MR) is 125 cm³/mol. The van der Waals surface area contributed by atoms with Gasteiger partial charge in [-0.25, -0.2) is 0 Å². The van der Waals surface area contributed by atoms with Crippen LogP contribution in [0.5, 0.6) is 5.75 Å². The third-order valence-corrected chi connectivity index (χ3v) is 6.28. The van der Waals surface area contributed by atoms with E-state index in [1.807, 2.05) is 31.2 Å². The van der Waals surface area contributed by atoms with Gasteiger partial charge in [0.05, 0.1) is 17.5 Å². The zero-order valence-electron chi connectivity index (χ0n) is 18.4. The zero-order chi connectivity index (χ0) is 23.5. The molecule has 2 amide bonds. The number of ketones is 1. The lowest BCUT2D eigenvalue weighted by Gasteiger charge is -2.33. The van der Waals surface area contributed by atoms with E-state index >= 15 is 0 Å². The highest BCUT2D eigenvalue weighted by atomic mass is 32.2. The maximum absolute atomic E-state index is 12.6. The third kappa shape index (κ3) is 4.75. The second-order valence-corrected chi connectivity index (χ2v) is 8.51. The number of benzene rings is 2. The average Bonchev–Trinajstić information content (AvgIpc) is 3.17. The van der Waals surface area contributed by atoms with Crippen LogP contribution in [0.1, 0.15) is 36.1 Å². The molecule has 33 heavy (non-hydrogen) atoms. The SMILES string of the molecule is CC(=O)c1cccc(NC(=O)CSc2nnc([C@H](C)N3C(=O)COc4ccccc43)n2C)c1. The van der Waals surface area contributed by atoms with Crippen molar-refractivity contribution in [1.29, 1.82) is 0 Å². The minimum absolute atomic E-state index is 0.0359. The summed E-state index contributed by atoms with van der Waals surface area (Å²) < 4.78 is 7.30. The Morgan fingerprint density at radius 3 is 2.76 bits per heavy atom. The van der Waals surface area contributed by atoms with Crippen LogP contribution in [0.4, 0.5) is 11.4 Å². The van der Waals surface area contributed by atoms with E-state index in [4.69, 9.17) is 4.74 Å². The fourth-order valence-corrected chi connectivity index (χ4v) is 4.34. The average molecular weight is 466 g/mol. The smallest absolute Gasteiger partial charge is 0.265 e. The van der Waals surface area contributed by atoms with Gasteiger partial charge in [0, 0.05) is 18.3 Å². The number of ether oxygens (including phenoxy) is 1. The summed E-state index contributed by atoms with van der Waals surface area (Å²) in [5, 5.41) is 11.8. The molecule has 9 nitrogen and oxygen atoms in total. The van der Waals surface area contributed by atoms with Crippen molar-refractivity contribution < 1.29 is 19.1 Å². The number of hydrogen-bond acceptors (Lipinski definition) is 7. The van der Waals surface area contributed by atoms with Crippen LogP contribution >= 0.6 is 11.8 Å². The van der Waals surface area contributed by atoms with Crippen molar-refractivity contribution in [1.82, 2.24) is 14.8 Å². The van der Waals surface area contributed by atoms with Gasteiger partial charge in [0.25, 0.3) is 5.91 Å². The first-order valence-corrected chi connectivity index (χ1v) is 11.3. The highest BCUT2D eigenvalue weighted by Crippen LogP contribution is 2.37. The molecule has 0 aliphatic carbocycles. The molecule has 2 heterocycles. The minimum Gasteiger partial charge on any atom is -0.482 e. The lowest BCUT2D eigenvalue weighted by molar-refractivity contribution is -0.121. The maximum atomic E-state index is 12.6. The number of aromatic nitrogens is 3. The molecule has 170 valence electrons. The van der Waals surface area contributed by atoms with E-state index in [2.05, 4.69) is 15.5 Å². The van der Waals surface area contributed by atoms with Gasteiger partial charge in [-0.15, -0.1) is 10.2 Å². The third-order valence-electron chi connectivity index (χ3n) is 5.26. The van der Waals surface area contributed by atoms with Crippen molar-refractivity contribution in [3.8, 4) is 5.75 Å². The van der Waals surface area contributed by atoms with Gasteiger partial charge in [-0.1, -0.05) is 36.0 Å². The van der Waals surface area contributed by atoms with Crippen LogP contribution in [0.15, 0.2) is 53.7 Å². The van der Waals surface area contributed by atoms with Crippen molar-refractivity contribution in [2.24, 2.45) is 7.05 Å². The number of nitrogens with one attached hydrogen (secondary N) is 1. The van der Waals surface area contributed by atoms with Gasteiger partial charge < -0.3 is 14.6 Å². The first-order valence-electron chi connectivity index (χ1n) is 10.3. The van der Waals surface area contributed by atoms with E-state index in [9.17, 15) is 14.4 Å². The Bertz CT molecular complexity index is 1230. The molecule has 0 fully saturated rings. The number of Topliss-reactive ketones (excluding diaryl/α,β-unsaturated/α-hetero) is 1. The van der Waals surface area contributed by atoms with Crippen molar-refractivity contribution in [3.63, 3.8) is 0 Å². The number of carbonyl (C=O) groups is 3. The Balaban J connectivity index is 1.44. The molecule has 1 aliphatic heterocycles. The van der Waals surface area contributed by atoms with E-state index in [0.29, 0.717) is 33.7 Å². The van der Waals surface area contributed by atoms with Gasteiger partial charge in [0.1, 0.15) is 5.75 Å². The molecule has 0 saturated heterocycles. The van der Waals surface area contributed by atoms with Gasteiger partial charge in [0.2, 0.25) is 5.91 Å². The molecule has 0 spiro atoms. The molecule has 10 heteroatoms. The molecule has 1 aromatic heterocycles. The van der Waals surface area contributed by atoms with Crippen LogP contribution in [-0.4, -0.2) is 44.7 Å². The zero-order valence-corrected chi connectivity index (χ0v) is 19.3. The molecule has 0 bridgehead atoms. The number of para-hydroxylation sites is 2. The minimum atomic E-state index is -0.377. The summed E-state index contributed by atoms with van der Waals surface area (Å²) in [6.07, 6.45) is 0. The van der Waals surface area contributed by atoms with Crippen molar-refractivity contribution >= 4 is 40.7 Å². The van der Waals surface area contributed by atoms with Crippen molar-refractivity contribution in [2.45, 2.75) is 25.0 Å². The quantitative estimate of drug-likeness (QED) is 0.422. The second-order valence-electron chi connectivity index (χ2n) is 7.57. The Kier molecular flexibility index (Phi) is 6.45. The van der Waals surface area contributed by atoms with Crippen LogP contribution in [0.3, 0.4) is 0 Å². The number of amides is 2. The topological polar surface area (TPSA) is 106 Å². The largest absolute Gasteiger partial charge is 0.482 e. The van der Waals surface area contributed by atoms with Crippen LogP contribution in [0, 0.1) is 0 Å². The lowest BCUT2D eigenvalue weighted by atomic mass is 10.1. The molecule has 1 atom stereocenters. The van der Waals surface area contributed by atoms with Gasteiger partial charge >= 0.3 is 0 Å². The number of fused-ring (bicyclic) bond motifs is 1. The van der Waals surface area contributed by atoms with Gasteiger partial charge in [-0.3, -0.25) is 19.3 Å². The van der Waals surface area contributed by atoms with Crippen LogP contribution in [-0.2, 0) is 16.6 Å². The van der Waals surface area contributed by atoms with Crippen molar-refractivity contribution in [2.75, 3.05) is 22.6 Å². The van der Waals surface area contributed by atoms with E-state index in [1.54, 1.807) is 40.8 Å². The predicted octanol–water partition coefficient (Wildman–Crippen LogP) is 3.24. The molecular weight excluding hydrogens is 442 g/mol. The molecule has 2 aromatic carbocycles. The number of carbonyl (C=O) groups excluding carboxylic acids is 3. The van der Waals surface area contributed by atoms with E-state index < -0.39 is 0 Å². The summed E-state index contributed by atoms with van der Waals surface area (Å²) in [5.74, 6) is 0.899. The molecule has 4 rings (SSSR count). The van der Waals surface area contributed by atoms with E-state index in [0.717, 1.165) is 0 Å². The Morgan fingerprint density at radius 1 is 1.18 bits per heavy atom. The van der Waals surface area contributed by atoms with Crippen LogP contribution in [0.25, 0.3) is 0 Å².